The van der Waals surface area contributed by atoms with E-state index in [0.29, 0.717) is 11.3 Å². The minimum Gasteiger partial charge on any atom is -0.478 e. The Morgan fingerprint density at radius 3 is 2.03 bits per heavy atom. The van der Waals surface area contributed by atoms with Gasteiger partial charge < -0.3 is 15.1 Å². The van der Waals surface area contributed by atoms with E-state index in [9.17, 15) is 14.7 Å². The number of nitrogens with zero attached hydrogens (tertiary/aromatic N) is 1. The van der Waals surface area contributed by atoms with Crippen molar-refractivity contribution in [2.24, 2.45) is 5.16 Å². The molecule has 0 radical (unpaired) electrons. The molecular weight excluding hydrogens is 430 g/mol. The molecule has 180 valence electrons. The van der Waals surface area contributed by atoms with E-state index in [-0.39, 0.29) is 23.0 Å². The van der Waals surface area contributed by atoms with Crippen LogP contribution in [0.3, 0.4) is 0 Å². The first-order valence-electron chi connectivity index (χ1n) is 11.4. The van der Waals surface area contributed by atoms with Gasteiger partial charge in [0, 0.05) is 17.2 Å². The Hall–Kier alpha value is -3.41. The molecule has 6 nitrogen and oxygen atoms in total. The lowest BCUT2D eigenvalue weighted by atomic mass is 9.62. The van der Waals surface area contributed by atoms with Crippen molar-refractivity contribution in [3.8, 4) is 0 Å². The van der Waals surface area contributed by atoms with Gasteiger partial charge in [-0.1, -0.05) is 51.0 Å². The summed E-state index contributed by atoms with van der Waals surface area (Å²) in [6, 6.07) is 11.0. The zero-order chi connectivity index (χ0) is 25.3. The highest BCUT2D eigenvalue weighted by atomic mass is 16.6. The molecule has 0 heterocycles. The van der Waals surface area contributed by atoms with E-state index in [2.05, 4.69) is 45.0 Å². The summed E-state index contributed by atoms with van der Waals surface area (Å²) in [6.07, 6.45) is 3.28. The number of hydrogen-bond acceptors (Lipinski definition) is 4. The molecule has 0 aromatic heterocycles. The van der Waals surface area contributed by atoms with Gasteiger partial charge in [0.05, 0.1) is 5.56 Å². The maximum atomic E-state index is 11.3. The summed E-state index contributed by atoms with van der Waals surface area (Å²) in [5, 5.41) is 22.6. The lowest BCUT2D eigenvalue weighted by Gasteiger charge is -2.42. The molecule has 2 aromatic carbocycles. The van der Waals surface area contributed by atoms with Gasteiger partial charge in [0.25, 0.3) is 0 Å². The maximum Gasteiger partial charge on any atom is 0.335 e. The quantitative estimate of drug-likeness (QED) is 0.305. The van der Waals surface area contributed by atoms with E-state index in [1.165, 1.54) is 11.1 Å². The molecule has 0 aliphatic heterocycles. The number of rotatable bonds is 7. The van der Waals surface area contributed by atoms with Crippen LogP contribution in [-0.2, 0) is 20.5 Å². The minimum absolute atomic E-state index is 0.00719. The van der Waals surface area contributed by atoms with E-state index in [1.807, 2.05) is 6.92 Å². The molecule has 1 aliphatic carbocycles. The number of fused-ring (bicyclic) bond motifs is 1. The summed E-state index contributed by atoms with van der Waals surface area (Å²) in [5.74, 6) is -2.03. The predicted molar refractivity (Wildman–Crippen MR) is 133 cm³/mol. The van der Waals surface area contributed by atoms with E-state index in [4.69, 9.17) is 9.94 Å². The molecule has 0 saturated heterocycles. The molecule has 34 heavy (non-hydrogen) atoms. The Kier molecular flexibility index (Phi) is 7.01. The summed E-state index contributed by atoms with van der Waals surface area (Å²) in [7, 11) is 0. The molecule has 0 atom stereocenters. The van der Waals surface area contributed by atoms with E-state index < -0.39 is 11.9 Å². The maximum absolute atomic E-state index is 11.3. The monoisotopic (exact) mass is 463 g/mol. The van der Waals surface area contributed by atoms with Gasteiger partial charge in [0.15, 0.2) is 0 Å². The van der Waals surface area contributed by atoms with Gasteiger partial charge in [-0.3, -0.25) is 0 Å². The van der Waals surface area contributed by atoms with Gasteiger partial charge in [-0.05, 0) is 78.0 Å². The summed E-state index contributed by atoms with van der Waals surface area (Å²) < 4.78 is 0. The fourth-order valence-electron chi connectivity index (χ4n) is 4.46. The van der Waals surface area contributed by atoms with Crippen molar-refractivity contribution < 1.29 is 24.6 Å². The molecule has 2 aromatic rings. The molecule has 0 saturated carbocycles. The number of oxime groups is 1. The molecule has 0 amide bonds. The van der Waals surface area contributed by atoms with Crippen molar-refractivity contribution >= 4 is 17.7 Å². The standard InChI is InChI=1S/C28H33NO5/c1-17(13-24(30)31)16-34-29-25(19-7-9-20(10-8-19)26(32)33)21-15-23-22(14-18(21)2)27(3,4)11-12-28(23,5)6/h7-10,13-15H,11-12,16H2,1-6H3,(H,30,31)(H,32,33). The van der Waals surface area contributed by atoms with Gasteiger partial charge in [-0.25, -0.2) is 9.59 Å². The minimum atomic E-state index is -1.04. The van der Waals surface area contributed by atoms with Gasteiger partial charge in [-0.15, -0.1) is 0 Å². The molecule has 3 rings (SSSR count). The molecule has 0 spiro atoms. The lowest BCUT2D eigenvalue weighted by molar-refractivity contribution is -0.131. The van der Waals surface area contributed by atoms with Gasteiger partial charge in [-0.2, -0.15) is 0 Å². The number of hydrogen-bond donors (Lipinski definition) is 2. The number of carboxylic acids is 2. The van der Waals surface area contributed by atoms with Crippen molar-refractivity contribution in [2.45, 2.75) is 65.2 Å². The van der Waals surface area contributed by atoms with Crippen LogP contribution in [0.5, 0.6) is 0 Å². The average Bonchev–Trinajstić information content (AvgIpc) is 2.74. The van der Waals surface area contributed by atoms with Crippen LogP contribution in [0.25, 0.3) is 0 Å². The molecule has 0 bridgehead atoms. The first kappa shape index (κ1) is 25.2. The molecule has 1 aliphatic rings. The van der Waals surface area contributed by atoms with Gasteiger partial charge in [0.2, 0.25) is 0 Å². The van der Waals surface area contributed by atoms with Crippen LogP contribution < -0.4 is 0 Å². The molecule has 0 fully saturated rings. The summed E-state index contributed by atoms with van der Waals surface area (Å²) in [4.78, 5) is 27.8. The van der Waals surface area contributed by atoms with Crippen LogP contribution >= 0.6 is 0 Å². The van der Waals surface area contributed by atoms with Gasteiger partial charge >= 0.3 is 11.9 Å². The van der Waals surface area contributed by atoms with Crippen molar-refractivity contribution in [1.82, 2.24) is 0 Å². The zero-order valence-corrected chi connectivity index (χ0v) is 20.7. The average molecular weight is 464 g/mol. The second-order valence-corrected chi connectivity index (χ2v) is 10.4. The van der Waals surface area contributed by atoms with Crippen LogP contribution in [0.1, 0.15) is 85.6 Å². The van der Waals surface area contributed by atoms with Crippen molar-refractivity contribution in [3.05, 3.63) is 81.4 Å². The predicted octanol–water partition coefficient (Wildman–Crippen LogP) is 5.84. The first-order valence-corrected chi connectivity index (χ1v) is 11.4. The molecule has 2 N–H and O–H groups in total. The van der Waals surface area contributed by atoms with Crippen molar-refractivity contribution in [1.29, 1.82) is 0 Å². The number of benzene rings is 2. The van der Waals surface area contributed by atoms with Crippen LogP contribution in [0.2, 0.25) is 0 Å². The summed E-state index contributed by atoms with van der Waals surface area (Å²) >= 11 is 0. The van der Waals surface area contributed by atoms with Crippen molar-refractivity contribution in [2.75, 3.05) is 6.61 Å². The summed E-state index contributed by atoms with van der Waals surface area (Å²) in [5.41, 5.74) is 6.68. The number of carboxylic acid groups (broad SMARTS) is 2. The largest absolute Gasteiger partial charge is 0.478 e. The third-order valence-corrected chi connectivity index (χ3v) is 6.68. The molecule has 0 unspecified atom stereocenters. The fraction of sp³-hybridized carbons (Fsp3) is 0.393. The normalized spacial score (nSPS) is 17.1. The first-order chi connectivity index (χ1) is 15.8. The van der Waals surface area contributed by atoms with Crippen LogP contribution in [-0.4, -0.2) is 34.5 Å². The molecular formula is C28H33NO5. The number of aryl methyl sites for hydroxylation is 1. The zero-order valence-electron chi connectivity index (χ0n) is 20.7. The van der Waals surface area contributed by atoms with E-state index >= 15 is 0 Å². The van der Waals surface area contributed by atoms with Crippen molar-refractivity contribution in [3.63, 3.8) is 0 Å². The van der Waals surface area contributed by atoms with Crippen LogP contribution in [0.15, 0.2) is 53.2 Å². The number of aliphatic carboxylic acids is 1. The fourth-order valence-corrected chi connectivity index (χ4v) is 4.46. The Morgan fingerprint density at radius 1 is 0.971 bits per heavy atom. The summed E-state index contributed by atoms with van der Waals surface area (Å²) in [6.45, 7) is 12.8. The van der Waals surface area contributed by atoms with Gasteiger partial charge in [0.1, 0.15) is 12.3 Å². The Morgan fingerprint density at radius 2 is 1.50 bits per heavy atom. The number of aromatic carboxylic acids is 1. The van der Waals surface area contributed by atoms with Crippen LogP contribution in [0, 0.1) is 6.92 Å². The van der Waals surface area contributed by atoms with Crippen LogP contribution in [0.4, 0.5) is 0 Å². The highest BCUT2D eigenvalue weighted by Gasteiger charge is 2.37. The highest BCUT2D eigenvalue weighted by Crippen LogP contribution is 2.46. The smallest absolute Gasteiger partial charge is 0.335 e. The Labute approximate surface area is 201 Å². The second kappa shape index (κ2) is 9.45. The number of carbonyl (C=O) groups is 2. The highest BCUT2D eigenvalue weighted by molar-refractivity contribution is 6.14. The third-order valence-electron chi connectivity index (χ3n) is 6.68. The Bertz CT molecular complexity index is 1170. The van der Waals surface area contributed by atoms with E-state index in [1.54, 1.807) is 31.2 Å². The second-order valence-electron chi connectivity index (χ2n) is 10.4. The van der Waals surface area contributed by atoms with E-state index in [0.717, 1.165) is 35.6 Å². The Balaban J connectivity index is 2.13. The lowest BCUT2D eigenvalue weighted by Crippen LogP contribution is -2.34. The topological polar surface area (TPSA) is 96.2 Å². The third kappa shape index (κ3) is 5.38. The molecule has 6 heteroatoms. The SMILES string of the molecule is CC(=CC(=O)O)CON=C(c1ccc(C(=O)O)cc1)c1cc2c(cc1C)C(C)(C)CCC2(C)C.